The minimum atomic E-state index is -0.243. The first kappa shape index (κ1) is 18.3. The van der Waals surface area contributed by atoms with E-state index in [1.807, 2.05) is 0 Å². The summed E-state index contributed by atoms with van der Waals surface area (Å²) < 4.78 is 12.4. The van der Waals surface area contributed by atoms with Crippen molar-refractivity contribution in [1.82, 2.24) is 0 Å². The predicted molar refractivity (Wildman–Crippen MR) is 99.4 cm³/mol. The van der Waals surface area contributed by atoms with E-state index in [0.29, 0.717) is 5.92 Å². The zero-order valence-corrected chi connectivity index (χ0v) is 15.6. The molecule has 1 aromatic carbocycles. The van der Waals surface area contributed by atoms with Crippen molar-refractivity contribution in [2.75, 3.05) is 0 Å². The monoisotopic (exact) mass is 314 g/mol. The smallest absolute Gasteiger partial charge is 0.403 e. The standard InChI is InChI=1S/C20H31BO2/c1-7-11-17(14-16(2)18-12-9-8-10-13-18)15-21-22-19(3,4)20(5,6)23-21/h8-10,12-14,17H,7,11,15H2,1-6H3/b16-14+. The van der Waals surface area contributed by atoms with Gasteiger partial charge >= 0.3 is 7.12 Å². The van der Waals surface area contributed by atoms with E-state index in [4.69, 9.17) is 9.31 Å². The van der Waals surface area contributed by atoms with Gasteiger partial charge in [-0.25, -0.2) is 0 Å². The maximum atomic E-state index is 6.18. The van der Waals surface area contributed by atoms with Gasteiger partial charge in [0.25, 0.3) is 0 Å². The number of rotatable bonds is 6. The molecule has 1 aliphatic rings. The number of benzene rings is 1. The van der Waals surface area contributed by atoms with Crippen molar-refractivity contribution in [3.63, 3.8) is 0 Å². The van der Waals surface area contributed by atoms with Crippen molar-refractivity contribution in [3.8, 4) is 0 Å². The van der Waals surface area contributed by atoms with Crippen LogP contribution < -0.4 is 0 Å². The van der Waals surface area contributed by atoms with Gasteiger partial charge in [0.2, 0.25) is 0 Å². The van der Waals surface area contributed by atoms with Gasteiger partial charge in [0.1, 0.15) is 0 Å². The molecule has 126 valence electrons. The third-order valence-corrected chi connectivity index (χ3v) is 5.17. The fourth-order valence-electron chi connectivity index (χ4n) is 3.10. The highest BCUT2D eigenvalue weighted by atomic mass is 16.7. The van der Waals surface area contributed by atoms with Gasteiger partial charge in [0.15, 0.2) is 0 Å². The highest BCUT2D eigenvalue weighted by Crippen LogP contribution is 2.39. The molecule has 2 rings (SSSR count). The Labute approximate surface area is 142 Å². The van der Waals surface area contributed by atoms with Crippen LogP contribution in [-0.4, -0.2) is 18.3 Å². The van der Waals surface area contributed by atoms with E-state index in [1.165, 1.54) is 17.6 Å². The van der Waals surface area contributed by atoms with E-state index in [9.17, 15) is 0 Å². The van der Waals surface area contributed by atoms with Crippen LogP contribution in [0.2, 0.25) is 6.32 Å². The van der Waals surface area contributed by atoms with Crippen molar-refractivity contribution in [2.24, 2.45) is 5.92 Å². The number of hydrogen-bond acceptors (Lipinski definition) is 2. The molecule has 0 amide bonds. The SMILES string of the molecule is CCCC(/C=C(\C)c1ccccc1)CB1OC(C)(C)C(C)(C)O1. The van der Waals surface area contributed by atoms with Crippen LogP contribution in [0, 0.1) is 5.92 Å². The molecule has 1 fully saturated rings. The summed E-state index contributed by atoms with van der Waals surface area (Å²) in [5.41, 5.74) is 2.14. The lowest BCUT2D eigenvalue weighted by Crippen LogP contribution is -2.41. The first-order chi connectivity index (χ1) is 10.7. The lowest BCUT2D eigenvalue weighted by molar-refractivity contribution is 0.00578. The second-order valence-electron chi connectivity index (χ2n) is 7.69. The summed E-state index contributed by atoms with van der Waals surface area (Å²) in [4.78, 5) is 0. The Bertz CT molecular complexity index is 518. The van der Waals surface area contributed by atoms with E-state index in [1.54, 1.807) is 0 Å². The average molecular weight is 314 g/mol. The Kier molecular flexibility index (Phi) is 5.75. The van der Waals surface area contributed by atoms with Crippen molar-refractivity contribution in [2.45, 2.75) is 71.9 Å². The molecule has 1 saturated heterocycles. The normalized spacial score (nSPS) is 21.5. The van der Waals surface area contributed by atoms with Gasteiger partial charge in [0.05, 0.1) is 11.2 Å². The van der Waals surface area contributed by atoms with E-state index < -0.39 is 0 Å². The van der Waals surface area contributed by atoms with E-state index in [0.717, 1.165) is 12.7 Å². The molecule has 0 bridgehead atoms. The molecule has 1 aromatic rings. The molecule has 23 heavy (non-hydrogen) atoms. The highest BCUT2D eigenvalue weighted by molar-refractivity contribution is 6.45. The summed E-state index contributed by atoms with van der Waals surface area (Å²) >= 11 is 0. The second kappa shape index (κ2) is 7.23. The molecule has 0 spiro atoms. The zero-order chi connectivity index (χ0) is 17.1. The Morgan fingerprint density at radius 2 is 1.65 bits per heavy atom. The maximum absolute atomic E-state index is 6.18. The topological polar surface area (TPSA) is 18.5 Å². The van der Waals surface area contributed by atoms with Crippen LogP contribution in [0.4, 0.5) is 0 Å². The van der Waals surface area contributed by atoms with Crippen LogP contribution in [-0.2, 0) is 9.31 Å². The largest absolute Gasteiger partial charge is 0.458 e. The van der Waals surface area contributed by atoms with Crippen LogP contribution in [0.25, 0.3) is 5.57 Å². The Hall–Kier alpha value is -1.06. The first-order valence-electron chi connectivity index (χ1n) is 8.84. The summed E-state index contributed by atoms with van der Waals surface area (Å²) in [6.07, 6.45) is 5.64. The third-order valence-electron chi connectivity index (χ3n) is 5.17. The summed E-state index contributed by atoms with van der Waals surface area (Å²) in [5.74, 6) is 0.481. The molecular weight excluding hydrogens is 283 g/mol. The molecule has 1 atom stereocenters. The molecule has 0 saturated carbocycles. The molecule has 0 radical (unpaired) electrons. The van der Waals surface area contributed by atoms with Crippen LogP contribution in [0.1, 0.15) is 59.9 Å². The van der Waals surface area contributed by atoms with Crippen molar-refractivity contribution in [3.05, 3.63) is 42.0 Å². The van der Waals surface area contributed by atoms with Crippen molar-refractivity contribution >= 4 is 12.7 Å². The number of allylic oxidation sites excluding steroid dienone is 2. The van der Waals surface area contributed by atoms with Gasteiger partial charge in [-0.1, -0.05) is 49.8 Å². The fourth-order valence-corrected chi connectivity index (χ4v) is 3.10. The van der Waals surface area contributed by atoms with E-state index in [2.05, 4.69) is 78.0 Å². The highest BCUT2D eigenvalue weighted by Gasteiger charge is 2.51. The fraction of sp³-hybridized carbons (Fsp3) is 0.600. The summed E-state index contributed by atoms with van der Waals surface area (Å²) in [5, 5.41) is 0. The van der Waals surface area contributed by atoms with Crippen molar-refractivity contribution in [1.29, 1.82) is 0 Å². The van der Waals surface area contributed by atoms with Crippen LogP contribution >= 0.6 is 0 Å². The lowest BCUT2D eigenvalue weighted by Gasteiger charge is -2.32. The zero-order valence-electron chi connectivity index (χ0n) is 15.6. The molecule has 3 heteroatoms. The molecule has 1 aliphatic heterocycles. The molecule has 2 nitrogen and oxygen atoms in total. The molecule has 1 unspecified atom stereocenters. The minimum absolute atomic E-state index is 0.114. The Morgan fingerprint density at radius 3 is 2.17 bits per heavy atom. The summed E-state index contributed by atoms with van der Waals surface area (Å²) in [6, 6.07) is 10.6. The molecule has 0 N–H and O–H groups in total. The van der Waals surface area contributed by atoms with Crippen LogP contribution in [0.5, 0.6) is 0 Å². The third kappa shape index (κ3) is 4.48. The number of hydrogen-bond donors (Lipinski definition) is 0. The average Bonchev–Trinajstić information content (AvgIpc) is 2.67. The summed E-state index contributed by atoms with van der Waals surface area (Å²) in [6.45, 7) is 12.9. The van der Waals surface area contributed by atoms with Gasteiger partial charge < -0.3 is 9.31 Å². The molecule has 0 aliphatic carbocycles. The predicted octanol–water partition coefficient (Wildman–Crippen LogP) is 5.60. The van der Waals surface area contributed by atoms with Crippen LogP contribution in [0.3, 0.4) is 0 Å². The van der Waals surface area contributed by atoms with Gasteiger partial charge in [-0.3, -0.25) is 0 Å². The van der Waals surface area contributed by atoms with Crippen LogP contribution in [0.15, 0.2) is 36.4 Å². The minimum Gasteiger partial charge on any atom is -0.403 e. The Balaban J connectivity index is 2.08. The molecule has 0 aromatic heterocycles. The second-order valence-corrected chi connectivity index (χ2v) is 7.69. The van der Waals surface area contributed by atoms with E-state index in [-0.39, 0.29) is 18.3 Å². The molecule has 1 heterocycles. The van der Waals surface area contributed by atoms with Gasteiger partial charge in [0, 0.05) is 0 Å². The molecular formula is C20H31BO2. The summed E-state index contributed by atoms with van der Waals surface area (Å²) in [7, 11) is -0.114. The Morgan fingerprint density at radius 1 is 1.09 bits per heavy atom. The van der Waals surface area contributed by atoms with Crippen molar-refractivity contribution < 1.29 is 9.31 Å². The lowest BCUT2D eigenvalue weighted by atomic mass is 9.75. The maximum Gasteiger partial charge on any atom is 0.458 e. The van der Waals surface area contributed by atoms with Gasteiger partial charge in [-0.2, -0.15) is 0 Å². The first-order valence-corrected chi connectivity index (χ1v) is 8.84. The van der Waals surface area contributed by atoms with Gasteiger partial charge in [-0.05, 0) is 64.4 Å². The quantitative estimate of drug-likeness (QED) is 0.636. The van der Waals surface area contributed by atoms with E-state index >= 15 is 0 Å². The van der Waals surface area contributed by atoms with Gasteiger partial charge in [-0.15, -0.1) is 0 Å².